The molecule has 0 aliphatic carbocycles. The van der Waals surface area contributed by atoms with Crippen LogP contribution in [0.15, 0.2) is 35.3 Å². The quantitative estimate of drug-likeness (QED) is 0.735. The molecule has 31 heavy (non-hydrogen) atoms. The molecule has 1 aromatic carbocycles. The number of aliphatic hydroxyl groups is 1. The highest BCUT2D eigenvalue weighted by Crippen LogP contribution is 2.23. The van der Waals surface area contributed by atoms with Crippen LogP contribution in [0.25, 0.3) is 5.69 Å². The fourth-order valence-electron chi connectivity index (χ4n) is 3.88. The summed E-state index contributed by atoms with van der Waals surface area (Å²) in [5.74, 6) is -1.10. The van der Waals surface area contributed by atoms with Crippen molar-refractivity contribution in [3.8, 4) is 5.69 Å². The second-order valence-electron chi connectivity index (χ2n) is 8.17. The zero-order chi connectivity index (χ0) is 22.7. The maximum absolute atomic E-state index is 13.4. The van der Waals surface area contributed by atoms with E-state index in [9.17, 15) is 23.9 Å². The van der Waals surface area contributed by atoms with Crippen LogP contribution in [0.5, 0.6) is 0 Å². The van der Waals surface area contributed by atoms with E-state index in [-0.39, 0.29) is 23.9 Å². The third-order valence-corrected chi connectivity index (χ3v) is 5.36. The molecule has 0 bridgehead atoms. The molecule has 0 fully saturated rings. The number of pyridine rings is 1. The lowest BCUT2D eigenvalue weighted by atomic mass is 9.95. The van der Waals surface area contributed by atoms with E-state index >= 15 is 0 Å². The Labute approximate surface area is 180 Å². The highest BCUT2D eigenvalue weighted by atomic mass is 19.1. The van der Waals surface area contributed by atoms with Gasteiger partial charge in [-0.05, 0) is 61.1 Å². The van der Waals surface area contributed by atoms with E-state index in [0.29, 0.717) is 42.7 Å². The van der Waals surface area contributed by atoms with Gasteiger partial charge in [0.05, 0.1) is 0 Å². The molecule has 1 aromatic heterocycles. The van der Waals surface area contributed by atoms with Gasteiger partial charge in [-0.25, -0.2) is 4.39 Å². The zero-order valence-electron chi connectivity index (χ0n) is 18.0. The zero-order valence-corrected chi connectivity index (χ0v) is 18.0. The van der Waals surface area contributed by atoms with Crippen molar-refractivity contribution in [2.75, 3.05) is 13.1 Å². The molecule has 1 aliphatic heterocycles. The number of carbonyl (C=O) groups is 2. The number of aromatic nitrogens is 1. The van der Waals surface area contributed by atoms with Gasteiger partial charge in [-0.1, -0.05) is 13.8 Å². The molecule has 7 nitrogen and oxygen atoms in total. The van der Waals surface area contributed by atoms with E-state index in [4.69, 9.17) is 0 Å². The number of nitrogens with one attached hydrogen (secondary N) is 1. The minimum absolute atomic E-state index is 0.0403. The van der Waals surface area contributed by atoms with Crippen LogP contribution in [0.3, 0.4) is 0 Å². The average molecular weight is 429 g/mol. The van der Waals surface area contributed by atoms with E-state index in [0.717, 1.165) is 0 Å². The van der Waals surface area contributed by atoms with Gasteiger partial charge in [-0.2, -0.15) is 0 Å². The van der Waals surface area contributed by atoms with Crippen molar-refractivity contribution in [1.29, 1.82) is 0 Å². The Morgan fingerprint density at radius 3 is 2.52 bits per heavy atom. The van der Waals surface area contributed by atoms with Crippen molar-refractivity contribution in [2.45, 2.75) is 46.3 Å². The van der Waals surface area contributed by atoms with E-state index < -0.39 is 23.4 Å². The summed E-state index contributed by atoms with van der Waals surface area (Å²) in [5, 5.41) is 12.9. The number of carbonyl (C=O) groups excluding carboxylic acids is 2. The van der Waals surface area contributed by atoms with Gasteiger partial charge in [0.2, 0.25) is 0 Å². The number of halogens is 1. The summed E-state index contributed by atoms with van der Waals surface area (Å²) < 4.78 is 14.7. The van der Waals surface area contributed by atoms with Crippen LogP contribution < -0.4 is 10.9 Å². The van der Waals surface area contributed by atoms with Crippen molar-refractivity contribution < 1.29 is 19.1 Å². The first-order chi connectivity index (χ1) is 14.7. The van der Waals surface area contributed by atoms with Gasteiger partial charge in [-0.15, -0.1) is 0 Å². The smallest absolute Gasteiger partial charge is 0.268 e. The third kappa shape index (κ3) is 4.85. The molecule has 0 spiro atoms. The fourth-order valence-corrected chi connectivity index (χ4v) is 3.88. The summed E-state index contributed by atoms with van der Waals surface area (Å²) in [5.41, 5.74) is 1.23. The standard InChI is InChI=1S/C23H28FN3O4/c1-4-25-21(29)20-18-9-10-26(22(30)19(28)11-14(2)3)12-15(18)13-27(23(20)31)17-7-5-16(24)6-8-17/h5-8,13-14,19,28H,4,9-12H2,1-3H3,(H,25,29). The van der Waals surface area contributed by atoms with Crippen LogP contribution >= 0.6 is 0 Å². The number of benzene rings is 1. The lowest BCUT2D eigenvalue weighted by molar-refractivity contribution is -0.141. The van der Waals surface area contributed by atoms with Crippen molar-refractivity contribution >= 4 is 11.8 Å². The topological polar surface area (TPSA) is 91.6 Å². The van der Waals surface area contributed by atoms with Gasteiger partial charge >= 0.3 is 0 Å². The van der Waals surface area contributed by atoms with Crippen LogP contribution in [0.1, 0.15) is 48.7 Å². The number of hydrogen-bond donors (Lipinski definition) is 2. The number of aliphatic hydroxyl groups excluding tert-OH is 1. The Morgan fingerprint density at radius 1 is 1.23 bits per heavy atom. The fraction of sp³-hybridized carbons (Fsp3) is 0.435. The van der Waals surface area contributed by atoms with E-state index in [2.05, 4.69) is 5.32 Å². The molecule has 3 rings (SSSR count). The molecule has 1 atom stereocenters. The van der Waals surface area contributed by atoms with Gasteiger partial charge in [0.1, 0.15) is 17.5 Å². The van der Waals surface area contributed by atoms with E-state index in [1.165, 1.54) is 28.8 Å². The summed E-state index contributed by atoms with van der Waals surface area (Å²) in [6.07, 6.45) is 1.21. The number of hydrogen-bond acceptors (Lipinski definition) is 4. The van der Waals surface area contributed by atoms with Gasteiger partial charge in [0.25, 0.3) is 17.4 Å². The van der Waals surface area contributed by atoms with Gasteiger partial charge in [-0.3, -0.25) is 19.0 Å². The van der Waals surface area contributed by atoms with Crippen molar-refractivity contribution in [3.63, 3.8) is 0 Å². The first-order valence-corrected chi connectivity index (χ1v) is 10.5. The average Bonchev–Trinajstić information content (AvgIpc) is 2.72. The molecule has 0 radical (unpaired) electrons. The summed E-state index contributed by atoms with van der Waals surface area (Å²) in [6, 6.07) is 5.40. The molecule has 0 saturated carbocycles. The molecule has 2 N–H and O–H groups in total. The number of fused-ring (bicyclic) bond motifs is 1. The van der Waals surface area contributed by atoms with Gasteiger partial charge in [0, 0.05) is 31.5 Å². The molecule has 166 valence electrons. The molecular weight excluding hydrogens is 401 g/mol. The lowest BCUT2D eigenvalue weighted by Gasteiger charge is -2.32. The highest BCUT2D eigenvalue weighted by molar-refractivity contribution is 5.96. The van der Waals surface area contributed by atoms with Crippen LogP contribution in [0.2, 0.25) is 0 Å². The Kier molecular flexibility index (Phi) is 6.90. The van der Waals surface area contributed by atoms with Crippen LogP contribution in [-0.2, 0) is 17.8 Å². The second-order valence-corrected chi connectivity index (χ2v) is 8.17. The molecule has 2 heterocycles. The largest absolute Gasteiger partial charge is 0.383 e. The predicted molar refractivity (Wildman–Crippen MR) is 115 cm³/mol. The lowest BCUT2D eigenvalue weighted by Crippen LogP contribution is -2.44. The van der Waals surface area contributed by atoms with E-state index in [1.807, 2.05) is 13.8 Å². The monoisotopic (exact) mass is 429 g/mol. The molecular formula is C23H28FN3O4. The predicted octanol–water partition coefficient (Wildman–Crippen LogP) is 2.02. The molecule has 2 aromatic rings. The molecule has 2 amide bonds. The maximum atomic E-state index is 13.4. The van der Waals surface area contributed by atoms with Crippen molar-refractivity contribution in [1.82, 2.24) is 14.8 Å². The van der Waals surface area contributed by atoms with Crippen molar-refractivity contribution in [3.05, 3.63) is 63.3 Å². The first-order valence-electron chi connectivity index (χ1n) is 10.5. The van der Waals surface area contributed by atoms with Crippen molar-refractivity contribution in [2.24, 2.45) is 5.92 Å². The van der Waals surface area contributed by atoms with Crippen LogP contribution in [0, 0.1) is 11.7 Å². The first kappa shape index (κ1) is 22.7. The summed E-state index contributed by atoms with van der Waals surface area (Å²) in [4.78, 5) is 40.2. The Morgan fingerprint density at radius 2 is 1.90 bits per heavy atom. The Bertz CT molecular complexity index is 1030. The Balaban J connectivity index is 2.05. The molecule has 1 aliphatic rings. The SMILES string of the molecule is CCNC(=O)c1c2c(cn(-c3ccc(F)cc3)c1=O)CN(C(=O)C(O)CC(C)C)CC2. The number of nitrogens with zero attached hydrogens (tertiary/aromatic N) is 2. The van der Waals surface area contributed by atoms with Gasteiger partial charge in [0.15, 0.2) is 0 Å². The molecule has 0 saturated heterocycles. The number of rotatable bonds is 6. The summed E-state index contributed by atoms with van der Waals surface area (Å²) in [7, 11) is 0. The van der Waals surface area contributed by atoms with Crippen LogP contribution in [0.4, 0.5) is 4.39 Å². The maximum Gasteiger partial charge on any atom is 0.268 e. The normalized spacial score (nSPS) is 14.3. The molecule has 8 heteroatoms. The highest BCUT2D eigenvalue weighted by Gasteiger charge is 2.30. The summed E-state index contributed by atoms with van der Waals surface area (Å²) >= 11 is 0. The summed E-state index contributed by atoms with van der Waals surface area (Å²) in [6.45, 7) is 6.49. The number of amides is 2. The van der Waals surface area contributed by atoms with E-state index in [1.54, 1.807) is 18.0 Å². The Hall–Kier alpha value is -3.00. The van der Waals surface area contributed by atoms with Gasteiger partial charge < -0.3 is 15.3 Å². The van der Waals surface area contributed by atoms with Crippen LogP contribution in [-0.4, -0.2) is 45.6 Å². The minimum atomic E-state index is -1.09. The second kappa shape index (κ2) is 9.43. The minimum Gasteiger partial charge on any atom is -0.383 e. The molecule has 1 unspecified atom stereocenters. The third-order valence-electron chi connectivity index (χ3n) is 5.36.